The van der Waals surface area contributed by atoms with Crippen LogP contribution in [0.1, 0.15) is 32.1 Å². The maximum absolute atomic E-state index is 12.0. The molecule has 5 heteroatoms. The average molecular weight is 227 g/mol. The number of hydrogen-bond acceptors (Lipinski definition) is 3. The molecule has 5 nitrogen and oxygen atoms in total. The minimum absolute atomic E-state index is 0.0127. The largest absolute Gasteiger partial charge is 0.481 e. The van der Waals surface area contributed by atoms with Gasteiger partial charge < -0.3 is 14.7 Å². The van der Waals surface area contributed by atoms with Crippen LogP contribution in [-0.2, 0) is 14.3 Å². The molecule has 90 valence electrons. The van der Waals surface area contributed by atoms with Gasteiger partial charge in [0, 0.05) is 19.2 Å². The molecule has 2 atom stereocenters. The summed E-state index contributed by atoms with van der Waals surface area (Å²) in [4.78, 5) is 24.4. The molecular formula is C11H17NO4. The summed E-state index contributed by atoms with van der Waals surface area (Å²) in [6, 6.07) is -0.130. The molecule has 2 saturated heterocycles. The molecule has 0 aromatic carbocycles. The van der Waals surface area contributed by atoms with E-state index in [2.05, 4.69) is 0 Å². The Morgan fingerprint density at radius 3 is 2.75 bits per heavy atom. The van der Waals surface area contributed by atoms with Crippen molar-refractivity contribution in [3.05, 3.63) is 0 Å². The Morgan fingerprint density at radius 1 is 1.31 bits per heavy atom. The number of aliphatic carboxylic acids is 1. The molecule has 2 rings (SSSR count). The van der Waals surface area contributed by atoms with Crippen molar-refractivity contribution in [1.82, 2.24) is 4.90 Å². The number of rotatable bonds is 3. The number of hydrogen-bond donors (Lipinski definition) is 1. The molecule has 2 heterocycles. The lowest BCUT2D eigenvalue weighted by Gasteiger charge is -2.25. The summed E-state index contributed by atoms with van der Waals surface area (Å²) in [6.45, 7) is 1.32. The Labute approximate surface area is 94.4 Å². The van der Waals surface area contributed by atoms with E-state index in [0.29, 0.717) is 13.2 Å². The van der Waals surface area contributed by atoms with Gasteiger partial charge in [0.15, 0.2) is 0 Å². The molecule has 2 aliphatic rings. The van der Waals surface area contributed by atoms with E-state index in [1.165, 1.54) is 0 Å². The van der Waals surface area contributed by atoms with Crippen LogP contribution < -0.4 is 0 Å². The number of nitrogens with zero attached hydrogens (tertiary/aromatic N) is 1. The molecular weight excluding hydrogens is 210 g/mol. The maximum Gasteiger partial charge on any atom is 0.305 e. The van der Waals surface area contributed by atoms with E-state index in [1.54, 1.807) is 4.90 Å². The van der Waals surface area contributed by atoms with Crippen molar-refractivity contribution in [2.45, 2.75) is 44.2 Å². The Kier molecular flexibility index (Phi) is 3.43. The fourth-order valence-corrected chi connectivity index (χ4v) is 2.50. The van der Waals surface area contributed by atoms with Gasteiger partial charge in [-0.15, -0.1) is 0 Å². The summed E-state index contributed by atoms with van der Waals surface area (Å²) in [5.74, 6) is -0.849. The Balaban J connectivity index is 1.95. The van der Waals surface area contributed by atoms with Gasteiger partial charge in [-0.25, -0.2) is 0 Å². The van der Waals surface area contributed by atoms with Crippen molar-refractivity contribution in [3.63, 3.8) is 0 Å². The lowest BCUT2D eigenvalue weighted by Crippen LogP contribution is -2.42. The van der Waals surface area contributed by atoms with Crippen molar-refractivity contribution < 1.29 is 19.4 Å². The van der Waals surface area contributed by atoms with Crippen LogP contribution in [0.4, 0.5) is 0 Å². The predicted molar refractivity (Wildman–Crippen MR) is 56.0 cm³/mol. The summed E-state index contributed by atoms with van der Waals surface area (Å²) >= 11 is 0. The monoisotopic (exact) mass is 227 g/mol. The second-order valence-corrected chi connectivity index (χ2v) is 4.43. The van der Waals surface area contributed by atoms with Gasteiger partial charge in [-0.1, -0.05) is 0 Å². The summed E-state index contributed by atoms with van der Waals surface area (Å²) in [7, 11) is 0. The standard InChI is InChI=1S/C11H17NO4/c13-10(14)7-8-3-1-5-12(8)11(15)9-4-2-6-16-9/h8-9H,1-7H2,(H,13,14)/t8?,9-/m1/s1. The zero-order valence-corrected chi connectivity index (χ0v) is 9.22. The molecule has 1 amide bonds. The summed E-state index contributed by atoms with van der Waals surface area (Å²) < 4.78 is 5.34. The van der Waals surface area contributed by atoms with Crippen LogP contribution in [0.3, 0.4) is 0 Å². The number of ether oxygens (including phenoxy) is 1. The minimum Gasteiger partial charge on any atom is -0.481 e. The van der Waals surface area contributed by atoms with E-state index in [1.807, 2.05) is 0 Å². The lowest BCUT2D eigenvalue weighted by molar-refractivity contribution is -0.144. The third kappa shape index (κ3) is 2.35. The average Bonchev–Trinajstić information content (AvgIpc) is 2.84. The molecule has 16 heavy (non-hydrogen) atoms. The van der Waals surface area contributed by atoms with E-state index in [0.717, 1.165) is 25.7 Å². The molecule has 0 aromatic rings. The quantitative estimate of drug-likeness (QED) is 0.768. The predicted octanol–water partition coefficient (Wildman–Crippen LogP) is 0.631. The molecule has 0 radical (unpaired) electrons. The first kappa shape index (κ1) is 11.4. The molecule has 1 unspecified atom stereocenters. The summed E-state index contributed by atoms with van der Waals surface area (Å²) in [6.07, 6.45) is 3.12. The fraction of sp³-hybridized carbons (Fsp3) is 0.818. The zero-order chi connectivity index (χ0) is 11.5. The molecule has 0 bridgehead atoms. The van der Waals surface area contributed by atoms with Gasteiger partial charge in [-0.05, 0) is 25.7 Å². The van der Waals surface area contributed by atoms with Crippen LogP contribution in [0.5, 0.6) is 0 Å². The van der Waals surface area contributed by atoms with E-state index >= 15 is 0 Å². The first-order chi connectivity index (χ1) is 7.68. The second kappa shape index (κ2) is 4.82. The molecule has 0 aromatic heterocycles. The lowest BCUT2D eigenvalue weighted by atomic mass is 10.1. The highest BCUT2D eigenvalue weighted by Crippen LogP contribution is 2.24. The smallest absolute Gasteiger partial charge is 0.305 e. The normalized spacial score (nSPS) is 29.6. The molecule has 2 aliphatic heterocycles. The highest BCUT2D eigenvalue weighted by atomic mass is 16.5. The van der Waals surface area contributed by atoms with Gasteiger partial charge in [0.25, 0.3) is 5.91 Å². The Hall–Kier alpha value is -1.10. The molecule has 2 fully saturated rings. The van der Waals surface area contributed by atoms with Crippen molar-refractivity contribution in [2.75, 3.05) is 13.2 Å². The van der Waals surface area contributed by atoms with Gasteiger partial charge in [-0.2, -0.15) is 0 Å². The number of amides is 1. The minimum atomic E-state index is -0.836. The number of carbonyl (C=O) groups is 2. The first-order valence-electron chi connectivity index (χ1n) is 5.82. The van der Waals surface area contributed by atoms with Gasteiger partial charge in [0.05, 0.1) is 6.42 Å². The van der Waals surface area contributed by atoms with Gasteiger partial charge in [-0.3, -0.25) is 9.59 Å². The van der Waals surface area contributed by atoms with Crippen molar-refractivity contribution in [1.29, 1.82) is 0 Å². The van der Waals surface area contributed by atoms with Crippen LogP contribution in [0.25, 0.3) is 0 Å². The fourth-order valence-electron chi connectivity index (χ4n) is 2.50. The van der Waals surface area contributed by atoms with Crippen LogP contribution in [0, 0.1) is 0 Å². The summed E-state index contributed by atoms with van der Waals surface area (Å²) in [5, 5.41) is 8.77. The molecule has 1 N–H and O–H groups in total. The number of carboxylic acids is 1. The van der Waals surface area contributed by atoms with E-state index in [4.69, 9.17) is 9.84 Å². The third-order valence-corrected chi connectivity index (χ3v) is 3.28. The number of carbonyl (C=O) groups excluding carboxylic acids is 1. The van der Waals surface area contributed by atoms with E-state index < -0.39 is 5.97 Å². The summed E-state index contributed by atoms with van der Waals surface area (Å²) in [5.41, 5.74) is 0. The number of carboxylic acid groups (broad SMARTS) is 1. The van der Waals surface area contributed by atoms with Gasteiger partial charge in [0.2, 0.25) is 0 Å². The van der Waals surface area contributed by atoms with Crippen molar-refractivity contribution in [2.24, 2.45) is 0 Å². The van der Waals surface area contributed by atoms with Gasteiger partial charge >= 0.3 is 5.97 Å². The highest BCUT2D eigenvalue weighted by molar-refractivity contribution is 5.82. The molecule has 0 spiro atoms. The van der Waals surface area contributed by atoms with E-state index in [9.17, 15) is 9.59 Å². The highest BCUT2D eigenvalue weighted by Gasteiger charge is 2.35. The SMILES string of the molecule is O=C(O)CC1CCCN1C(=O)[C@H]1CCCO1. The number of likely N-dealkylation sites (tertiary alicyclic amines) is 1. The van der Waals surface area contributed by atoms with Gasteiger partial charge in [0.1, 0.15) is 6.10 Å². The molecule has 0 saturated carbocycles. The second-order valence-electron chi connectivity index (χ2n) is 4.43. The van der Waals surface area contributed by atoms with E-state index in [-0.39, 0.29) is 24.5 Å². The van der Waals surface area contributed by atoms with Crippen molar-refractivity contribution >= 4 is 11.9 Å². The Morgan fingerprint density at radius 2 is 2.12 bits per heavy atom. The first-order valence-corrected chi connectivity index (χ1v) is 5.82. The van der Waals surface area contributed by atoms with Crippen molar-refractivity contribution in [3.8, 4) is 0 Å². The zero-order valence-electron chi connectivity index (χ0n) is 9.22. The third-order valence-electron chi connectivity index (χ3n) is 3.28. The van der Waals surface area contributed by atoms with Crippen LogP contribution in [-0.4, -0.2) is 47.2 Å². The Bertz CT molecular complexity index is 286. The molecule has 0 aliphatic carbocycles. The maximum atomic E-state index is 12.0. The van der Waals surface area contributed by atoms with Crippen LogP contribution >= 0.6 is 0 Å². The topological polar surface area (TPSA) is 66.8 Å². The van der Waals surface area contributed by atoms with Crippen LogP contribution in [0.2, 0.25) is 0 Å². The van der Waals surface area contributed by atoms with Crippen LogP contribution in [0.15, 0.2) is 0 Å².